The molecule has 0 saturated heterocycles. The molecule has 0 aromatic carbocycles. The Morgan fingerprint density at radius 3 is 1.77 bits per heavy atom. The van der Waals surface area contributed by atoms with Crippen LogP contribution in [0.4, 0.5) is 0 Å². The predicted molar refractivity (Wildman–Crippen MR) is 109 cm³/mol. The summed E-state index contributed by atoms with van der Waals surface area (Å²) in [5, 5.41) is 18.6. The van der Waals surface area contributed by atoms with Crippen LogP contribution in [0.1, 0.15) is 97.8 Å². The van der Waals surface area contributed by atoms with E-state index in [1.807, 2.05) is 0 Å². The zero-order valence-electron chi connectivity index (χ0n) is 17.6. The topological polar surface area (TPSA) is 69.6 Å². The molecule has 3 N–H and O–H groups in total. The Bertz CT molecular complexity index is 333. The van der Waals surface area contributed by atoms with Crippen LogP contribution in [0.2, 0.25) is 0 Å². The van der Waals surface area contributed by atoms with Crippen molar-refractivity contribution >= 4 is 5.97 Å². The summed E-state index contributed by atoms with van der Waals surface area (Å²) in [7, 11) is 0. The first kappa shape index (κ1) is 25.4. The number of carboxylic acid groups (broad SMARTS) is 1. The Kier molecular flexibility index (Phi) is 16.1. The van der Waals surface area contributed by atoms with E-state index in [4.69, 9.17) is 5.11 Å². The smallest absolute Gasteiger partial charge is 0.359 e. The van der Waals surface area contributed by atoms with E-state index in [-0.39, 0.29) is 12.6 Å². The Labute approximate surface area is 161 Å². The average Bonchev–Trinajstić information content (AvgIpc) is 2.64. The van der Waals surface area contributed by atoms with Crippen LogP contribution in [-0.2, 0) is 4.79 Å². The van der Waals surface area contributed by atoms with Crippen LogP contribution < -0.4 is 5.48 Å². The van der Waals surface area contributed by atoms with Crippen molar-refractivity contribution < 1.29 is 19.6 Å². The molecule has 0 spiro atoms. The van der Waals surface area contributed by atoms with Gasteiger partial charge >= 0.3 is 5.97 Å². The van der Waals surface area contributed by atoms with E-state index in [2.05, 4.69) is 26.3 Å². The van der Waals surface area contributed by atoms with Crippen LogP contribution >= 0.6 is 0 Å². The number of carboxylic acids is 1. The maximum atomic E-state index is 11.1. The first-order valence-corrected chi connectivity index (χ1v) is 11.0. The standard InChI is InChI=1S/C21H44N2O3/c1-4-7-8-9-10-11-12-13-14-15-16-20(22-26)17-18-23(5-2,6-3)19-21(24)25/h20,22,26H,4-19H2,1-3H3/p+1. The van der Waals surface area contributed by atoms with E-state index in [0.29, 0.717) is 4.48 Å². The number of rotatable bonds is 19. The highest BCUT2D eigenvalue weighted by Crippen LogP contribution is 2.15. The Balaban J connectivity index is 3.86. The highest BCUT2D eigenvalue weighted by molar-refractivity contribution is 5.67. The number of hydroxylamine groups is 1. The van der Waals surface area contributed by atoms with Gasteiger partial charge in [-0.05, 0) is 20.3 Å². The van der Waals surface area contributed by atoms with Gasteiger partial charge in [-0.25, -0.2) is 10.3 Å². The second-order valence-corrected chi connectivity index (χ2v) is 7.83. The molecule has 0 aliphatic rings. The molecule has 1 unspecified atom stereocenters. The molecule has 0 saturated carbocycles. The molecule has 0 bridgehead atoms. The molecule has 0 rings (SSSR count). The molecule has 0 heterocycles. The van der Waals surface area contributed by atoms with E-state index < -0.39 is 5.97 Å². The summed E-state index contributed by atoms with van der Waals surface area (Å²) in [4.78, 5) is 11.1. The number of carbonyl (C=O) groups is 1. The fraction of sp³-hybridized carbons (Fsp3) is 0.952. The van der Waals surface area contributed by atoms with Gasteiger partial charge in [0.25, 0.3) is 0 Å². The van der Waals surface area contributed by atoms with E-state index in [1.165, 1.54) is 57.8 Å². The fourth-order valence-corrected chi connectivity index (χ4v) is 3.71. The summed E-state index contributed by atoms with van der Waals surface area (Å²) in [6, 6.07) is 0.0773. The number of nitrogens with one attached hydrogen (secondary N) is 1. The number of unbranched alkanes of at least 4 members (excludes halogenated alkanes) is 9. The predicted octanol–water partition coefficient (Wildman–Crippen LogP) is 4.98. The SMILES string of the molecule is CCCCCCCCCCCCC(CC[N+](CC)(CC)CC(=O)O)NO. The lowest BCUT2D eigenvalue weighted by atomic mass is 10.0. The van der Waals surface area contributed by atoms with Crippen LogP contribution in [0.3, 0.4) is 0 Å². The highest BCUT2D eigenvalue weighted by Gasteiger charge is 2.27. The number of hydrogen-bond donors (Lipinski definition) is 3. The number of likely N-dealkylation sites (N-methyl/N-ethyl adjacent to an activating group) is 1. The van der Waals surface area contributed by atoms with Crippen molar-refractivity contribution in [3.8, 4) is 0 Å². The third kappa shape index (κ3) is 12.7. The number of nitrogens with zero attached hydrogens (tertiary/aromatic N) is 1. The zero-order valence-corrected chi connectivity index (χ0v) is 17.6. The first-order valence-electron chi connectivity index (χ1n) is 11.0. The molecule has 156 valence electrons. The summed E-state index contributed by atoms with van der Waals surface area (Å²) in [6.07, 6.45) is 14.9. The van der Waals surface area contributed by atoms with Gasteiger partial charge in [-0.3, -0.25) is 0 Å². The molecule has 5 heteroatoms. The lowest BCUT2D eigenvalue weighted by molar-refractivity contribution is -0.918. The number of quaternary nitrogens is 1. The lowest BCUT2D eigenvalue weighted by Gasteiger charge is -2.36. The van der Waals surface area contributed by atoms with Crippen molar-refractivity contribution in [1.82, 2.24) is 5.48 Å². The summed E-state index contributed by atoms with van der Waals surface area (Å²) in [5.41, 5.74) is 2.45. The third-order valence-corrected chi connectivity index (χ3v) is 5.85. The minimum atomic E-state index is -0.739. The van der Waals surface area contributed by atoms with Crippen molar-refractivity contribution in [2.45, 2.75) is 104 Å². The molecule has 0 fully saturated rings. The van der Waals surface area contributed by atoms with Crippen molar-refractivity contribution in [2.24, 2.45) is 0 Å². The van der Waals surface area contributed by atoms with Crippen LogP contribution in [0.25, 0.3) is 0 Å². The van der Waals surface area contributed by atoms with Crippen molar-refractivity contribution in [2.75, 3.05) is 26.2 Å². The minimum Gasteiger partial charge on any atom is -0.477 e. The zero-order chi connectivity index (χ0) is 19.7. The maximum absolute atomic E-state index is 11.1. The monoisotopic (exact) mass is 373 g/mol. The van der Waals surface area contributed by atoms with Gasteiger partial charge in [-0.2, -0.15) is 0 Å². The molecule has 0 aromatic rings. The van der Waals surface area contributed by atoms with Crippen LogP contribution in [-0.4, -0.2) is 53.0 Å². The molecular weight excluding hydrogens is 328 g/mol. The van der Waals surface area contributed by atoms with Gasteiger partial charge in [0.2, 0.25) is 0 Å². The fourth-order valence-electron chi connectivity index (χ4n) is 3.71. The van der Waals surface area contributed by atoms with Crippen LogP contribution in [0.15, 0.2) is 0 Å². The molecular formula is C21H45N2O3+. The van der Waals surface area contributed by atoms with Gasteiger partial charge in [0.05, 0.1) is 19.6 Å². The largest absolute Gasteiger partial charge is 0.477 e. The minimum absolute atomic E-state index is 0.0773. The van der Waals surface area contributed by atoms with Crippen molar-refractivity contribution in [3.05, 3.63) is 0 Å². The first-order chi connectivity index (χ1) is 12.5. The van der Waals surface area contributed by atoms with Gasteiger partial charge in [0.15, 0.2) is 6.54 Å². The molecule has 0 aromatic heterocycles. The summed E-state index contributed by atoms with van der Waals surface area (Å²) in [5.74, 6) is -0.739. The van der Waals surface area contributed by atoms with E-state index in [1.54, 1.807) is 0 Å². The van der Waals surface area contributed by atoms with Gasteiger partial charge in [-0.1, -0.05) is 71.1 Å². The maximum Gasteiger partial charge on any atom is 0.359 e. The molecule has 1 atom stereocenters. The second-order valence-electron chi connectivity index (χ2n) is 7.83. The van der Waals surface area contributed by atoms with Crippen LogP contribution in [0, 0.1) is 0 Å². The molecule has 0 aliphatic carbocycles. The molecule has 0 aliphatic heterocycles. The molecule has 0 radical (unpaired) electrons. The Hall–Kier alpha value is -0.650. The molecule has 0 amide bonds. The number of hydrogen-bond acceptors (Lipinski definition) is 3. The van der Waals surface area contributed by atoms with Gasteiger partial charge < -0.3 is 14.8 Å². The van der Waals surface area contributed by atoms with Crippen molar-refractivity contribution in [1.29, 1.82) is 0 Å². The normalized spacial score (nSPS) is 13.1. The van der Waals surface area contributed by atoms with E-state index in [9.17, 15) is 10.0 Å². The second kappa shape index (κ2) is 16.5. The molecule has 5 nitrogen and oxygen atoms in total. The molecule has 26 heavy (non-hydrogen) atoms. The summed E-state index contributed by atoms with van der Waals surface area (Å²) in [6.45, 7) is 8.97. The van der Waals surface area contributed by atoms with E-state index in [0.717, 1.165) is 38.9 Å². The number of aliphatic carboxylic acids is 1. The van der Waals surface area contributed by atoms with Crippen LogP contribution in [0.5, 0.6) is 0 Å². The van der Waals surface area contributed by atoms with Gasteiger partial charge in [0.1, 0.15) is 0 Å². The van der Waals surface area contributed by atoms with E-state index >= 15 is 0 Å². The highest BCUT2D eigenvalue weighted by atomic mass is 16.5. The lowest BCUT2D eigenvalue weighted by Crippen LogP contribution is -2.52. The quantitative estimate of drug-likeness (QED) is 0.170. The Morgan fingerprint density at radius 2 is 1.35 bits per heavy atom. The van der Waals surface area contributed by atoms with Gasteiger partial charge in [0, 0.05) is 12.5 Å². The van der Waals surface area contributed by atoms with Crippen molar-refractivity contribution in [3.63, 3.8) is 0 Å². The summed E-state index contributed by atoms with van der Waals surface area (Å²) >= 11 is 0. The summed E-state index contributed by atoms with van der Waals surface area (Å²) < 4.78 is 0.589. The van der Waals surface area contributed by atoms with Gasteiger partial charge in [-0.15, -0.1) is 0 Å². The average molecular weight is 374 g/mol. The third-order valence-electron chi connectivity index (χ3n) is 5.85. The Morgan fingerprint density at radius 1 is 0.846 bits per heavy atom.